The van der Waals surface area contributed by atoms with Gasteiger partial charge in [0.15, 0.2) is 0 Å². The van der Waals surface area contributed by atoms with Crippen molar-refractivity contribution in [3.8, 4) is 22.5 Å². The Morgan fingerprint density at radius 3 is 1.35 bits per heavy atom. The number of carboxylic acids is 2. The Balaban J connectivity index is 0.000000227. The van der Waals surface area contributed by atoms with Crippen LogP contribution in [0.4, 0.5) is 40.6 Å². The maximum Gasteiger partial charge on any atom is 0.335 e. The van der Waals surface area contributed by atoms with Crippen molar-refractivity contribution in [1.29, 1.82) is 0 Å². The normalized spacial score (nSPS) is 12.7. The van der Waals surface area contributed by atoms with Crippen LogP contribution in [0, 0.1) is 23.3 Å². The van der Waals surface area contributed by atoms with Gasteiger partial charge >= 0.3 is 23.3 Å². The fourth-order valence-corrected chi connectivity index (χ4v) is 13.1. The average Bonchev–Trinajstić information content (AvgIpc) is 0.768. The lowest BCUT2D eigenvalue weighted by atomic mass is 10.1. The summed E-state index contributed by atoms with van der Waals surface area (Å²) in [7, 11) is -5.84. The number of hydrazine groups is 1. The van der Waals surface area contributed by atoms with E-state index in [2.05, 4.69) is 30.6 Å². The minimum atomic E-state index is -4.43. The molecule has 1 aliphatic heterocycles. The van der Waals surface area contributed by atoms with Gasteiger partial charge < -0.3 is 31.5 Å². The van der Waals surface area contributed by atoms with Crippen molar-refractivity contribution in [2.75, 3.05) is 32.4 Å². The van der Waals surface area contributed by atoms with E-state index in [0.717, 1.165) is 33.7 Å². The molecule has 1 aliphatic rings. The second kappa shape index (κ2) is 31.4. The molecule has 107 heavy (non-hydrogen) atoms. The smallest absolute Gasteiger partial charge is 0.335 e. The quantitative estimate of drug-likeness (QED) is 0.0220. The molecule has 11 aromatic rings. The molecule has 10 N–H and O–H groups in total. The number of para-hydroxylation sites is 2. The third-order valence-electron chi connectivity index (χ3n) is 16.7. The number of fused-ring (bicyclic) bond motifs is 2. The first-order valence-corrected chi connectivity index (χ1v) is 34.5. The van der Waals surface area contributed by atoms with Crippen LogP contribution in [0.2, 0.25) is 0 Å². The van der Waals surface area contributed by atoms with Crippen LogP contribution in [0.15, 0.2) is 211 Å². The van der Waals surface area contributed by atoms with Gasteiger partial charge in [-0.15, -0.1) is 0 Å². The highest BCUT2D eigenvalue weighted by molar-refractivity contribution is 7.93. The molecule has 6 heterocycles. The highest BCUT2D eigenvalue weighted by atomic mass is 32.2. The molecule has 1 fully saturated rings. The molecule has 30 nitrogen and oxygen atoms in total. The molecule has 2 amide bonds. The van der Waals surface area contributed by atoms with Crippen molar-refractivity contribution >= 4 is 88.6 Å². The Morgan fingerprint density at radius 2 is 0.972 bits per heavy atom. The van der Waals surface area contributed by atoms with Gasteiger partial charge in [0.2, 0.25) is 5.95 Å². The van der Waals surface area contributed by atoms with Crippen LogP contribution in [-0.2, 0) is 56.6 Å². The van der Waals surface area contributed by atoms with Crippen LogP contribution >= 0.6 is 0 Å². The summed E-state index contributed by atoms with van der Waals surface area (Å²) >= 11 is 0. The summed E-state index contributed by atoms with van der Waals surface area (Å²) < 4.78 is 121. The largest absolute Gasteiger partial charge is 0.480 e. The Kier molecular flexibility index (Phi) is 22.4. The van der Waals surface area contributed by atoms with Gasteiger partial charge in [-0.1, -0.05) is 43.8 Å². The predicted octanol–water partition coefficient (Wildman–Crippen LogP) is 5.98. The molecular weight excluding hydrogens is 1440 g/mol. The molecule has 552 valence electrons. The summed E-state index contributed by atoms with van der Waals surface area (Å²) in [6.07, 6.45) is 7.25. The summed E-state index contributed by atoms with van der Waals surface area (Å²) in [5.41, 5.74) is 3.12. The highest BCUT2D eigenvalue weighted by Gasteiger charge is 2.29. The van der Waals surface area contributed by atoms with E-state index in [1.165, 1.54) is 115 Å². The number of nitrogens with zero attached hydrogens (tertiary/aromatic N) is 10. The average molecular weight is 1510 g/mol. The second-order valence-corrected chi connectivity index (χ2v) is 27.3. The number of sulfonamides is 2. The molecule has 2 atom stereocenters. The maximum absolute atomic E-state index is 15.2. The maximum atomic E-state index is 15.2. The van der Waals surface area contributed by atoms with Gasteiger partial charge in [0.05, 0.1) is 83.6 Å². The van der Waals surface area contributed by atoms with Crippen LogP contribution in [0.1, 0.15) is 52.9 Å². The van der Waals surface area contributed by atoms with Gasteiger partial charge in [0.1, 0.15) is 35.4 Å². The number of rotatable bonds is 22. The monoisotopic (exact) mass is 1500 g/mol. The van der Waals surface area contributed by atoms with Crippen molar-refractivity contribution in [2.24, 2.45) is 25.7 Å². The Hall–Kier alpha value is -13.2. The summed E-state index contributed by atoms with van der Waals surface area (Å²) in [6, 6.07) is 27.6. The van der Waals surface area contributed by atoms with Crippen molar-refractivity contribution < 1.29 is 63.8 Å². The third kappa shape index (κ3) is 16.6. The number of hydrogen-bond acceptors (Lipinski definition) is 20. The number of carbonyl (C=O) groups excluding carboxylic acids is 2. The number of carboxylic acid groups (broad SMARTS) is 2. The minimum absolute atomic E-state index is 0. The van der Waals surface area contributed by atoms with Gasteiger partial charge in [-0.25, -0.2) is 78.5 Å². The summed E-state index contributed by atoms with van der Waals surface area (Å²) in [6.45, 7) is 3.36. The summed E-state index contributed by atoms with van der Waals surface area (Å²) in [5, 5.41) is 25.5. The van der Waals surface area contributed by atoms with Crippen LogP contribution < -0.4 is 64.1 Å². The first-order chi connectivity index (χ1) is 50.4. The molecule has 6 aromatic carbocycles. The van der Waals surface area contributed by atoms with Gasteiger partial charge in [-0.3, -0.25) is 52.7 Å². The van der Waals surface area contributed by atoms with E-state index in [9.17, 15) is 65.4 Å². The third-order valence-corrected chi connectivity index (χ3v) is 19.4. The molecule has 1 saturated heterocycles. The van der Waals surface area contributed by atoms with Crippen molar-refractivity contribution in [3.05, 3.63) is 270 Å². The van der Waals surface area contributed by atoms with Crippen molar-refractivity contribution in [3.63, 3.8) is 0 Å². The summed E-state index contributed by atoms with van der Waals surface area (Å²) in [4.78, 5) is 121. The van der Waals surface area contributed by atoms with E-state index in [0.29, 0.717) is 63.8 Å². The molecule has 0 saturated carbocycles. The molecule has 0 radical (unpaired) electrons. The lowest BCUT2D eigenvalue weighted by Gasteiger charge is -2.30. The first kappa shape index (κ1) is 76.4. The zero-order valence-corrected chi connectivity index (χ0v) is 57.3. The number of carbonyl (C=O) groups is 4. The molecule has 36 heteroatoms. The highest BCUT2D eigenvalue weighted by Crippen LogP contribution is 2.29. The zero-order valence-electron chi connectivity index (χ0n) is 55.7. The molecule has 0 aliphatic carbocycles. The van der Waals surface area contributed by atoms with E-state index < -0.39 is 137 Å². The SMILES string of the molecule is C.C/C(N)=C/N(N)c1ccc(S(=O)(=O)Nc2cc(F)c(C(=O)N[C@@H](Cc3ccc(-n4c(=O)c5ccccc5n(C)c4=O)cn3)C(=O)O)cc2F)cc1.Cn1c(=O)n(-c2ccc(C[C@H](NC(=O)c3cc(F)c(NS(=O)(=O)c4ccc(-c5cnc(N6CCC6)nc5)cc4)cc3F)C(=O)O)nc2)c(=O)c2ccccc21. The van der Waals surface area contributed by atoms with Crippen molar-refractivity contribution in [2.45, 2.75) is 55.5 Å². The second-order valence-electron chi connectivity index (χ2n) is 23.9. The number of aliphatic carboxylic acids is 2. The Labute approximate surface area is 604 Å². The fraction of sp³-hybridized carbons (Fsp3) is 0.155. The van der Waals surface area contributed by atoms with Gasteiger partial charge in [0, 0.05) is 93.4 Å². The number of nitrogens with two attached hydrogens (primary N) is 2. The minimum Gasteiger partial charge on any atom is -0.480 e. The van der Waals surface area contributed by atoms with Crippen LogP contribution in [0.25, 0.3) is 44.3 Å². The number of aromatic nitrogens is 8. The van der Waals surface area contributed by atoms with E-state index in [1.807, 2.05) is 14.3 Å². The zero-order chi connectivity index (χ0) is 76.2. The molecule has 0 bridgehead atoms. The Morgan fingerprint density at radius 1 is 0.561 bits per heavy atom. The molecule has 0 unspecified atom stereocenters. The first-order valence-electron chi connectivity index (χ1n) is 31.6. The standard InChI is InChI=1S/C37H30F2N8O7S.C33H30F2N8O7S.CH4/c1-45-32-6-3-2-5-26(32)34(49)47(37(45)52)24-10-9-23(40-20-24)15-31(35(50)51)43-33(48)27-16-29(39)30(17-28(27)38)44-55(53,54)25-11-7-21(8-12-25)22-18-41-36(42-19-22)46-13-4-14-46;1-18(36)17-42(37)20-9-11-22(12-10-20)51(49,50)40-27-15-25(34)24(14-26(27)35)30(44)39-28(32(46)47)13-19-7-8-21(16-38-19)43-31(45)23-5-3-4-6-29(23)41(2)33(43)48;/h2-3,5-12,16-20,31,44H,4,13-15H2,1H3,(H,43,48)(H,50,51);3-12,14-17,28,40H,13,36-37H2,1-2H3,(H,39,44)(H,46,47);1H4/b;18-17-;/t31-;28-;/m00./s1. The molecule has 5 aromatic heterocycles. The number of anilines is 4. The number of nitrogens with one attached hydrogen (secondary N) is 4. The molecule has 0 spiro atoms. The Bertz CT molecular complexity index is 5850. The van der Waals surface area contributed by atoms with Gasteiger partial charge in [0.25, 0.3) is 43.0 Å². The number of halogens is 4. The summed E-state index contributed by atoms with van der Waals surface area (Å²) in [5.74, 6) is -4.53. The van der Waals surface area contributed by atoms with Gasteiger partial charge in [-0.2, -0.15) is 0 Å². The molecule has 12 rings (SSSR count). The lowest BCUT2D eigenvalue weighted by Crippen LogP contribution is -2.42. The number of allylic oxidation sites excluding steroid dienone is 1. The topological polar surface area (TPSA) is 423 Å². The number of benzene rings is 6. The van der Waals surface area contributed by atoms with Crippen LogP contribution in [-0.4, -0.2) is 114 Å². The van der Waals surface area contributed by atoms with E-state index in [4.69, 9.17) is 11.6 Å². The number of hydrogen-bond donors (Lipinski definition) is 8. The number of aryl methyl sites for hydroxylation is 2. The predicted molar refractivity (Wildman–Crippen MR) is 387 cm³/mol. The van der Waals surface area contributed by atoms with Crippen molar-refractivity contribution in [1.82, 2.24) is 48.8 Å². The van der Waals surface area contributed by atoms with Gasteiger partial charge in [-0.05, 0) is 116 Å². The van der Waals surface area contributed by atoms with E-state index >= 15 is 17.6 Å². The van der Waals surface area contributed by atoms with Crippen LogP contribution in [0.5, 0.6) is 0 Å². The lowest BCUT2D eigenvalue weighted by molar-refractivity contribution is -0.140. The van der Waals surface area contributed by atoms with Crippen LogP contribution in [0.3, 0.4) is 0 Å². The van der Waals surface area contributed by atoms with E-state index in [1.54, 1.807) is 67.8 Å². The number of amides is 2. The number of pyridine rings is 2. The molecular formula is C71H64F4N16O14S2. The van der Waals surface area contributed by atoms with E-state index in [-0.39, 0.29) is 50.8 Å². The fourth-order valence-electron chi connectivity index (χ4n) is 11.0.